The molecule has 1 saturated heterocycles. The Balaban J connectivity index is 1.68. The van der Waals surface area contributed by atoms with Crippen LogP contribution in [0.3, 0.4) is 0 Å². The summed E-state index contributed by atoms with van der Waals surface area (Å²) >= 11 is 0. The number of amides is 2. The highest BCUT2D eigenvalue weighted by Crippen LogP contribution is 2.23. The van der Waals surface area contributed by atoms with E-state index in [0.29, 0.717) is 44.4 Å². The molecule has 1 atom stereocenters. The standard InChI is InChI=1S/C23H32N6O4/c1-15(2)21(22(24)32)27-23-16-6-4-5-7-17(16)25-18(26-23)14-28-10-12-29(13-11-28)19(30)8-9-20(31)33-3/h4-7,15,21H,8-14H2,1-3H3,(H2,24,32)(H,25,26,27)/t21-/m0/s1. The van der Waals surface area contributed by atoms with Gasteiger partial charge in [-0.3, -0.25) is 19.3 Å². The average molecular weight is 457 g/mol. The number of benzene rings is 1. The minimum atomic E-state index is -0.546. The second kappa shape index (κ2) is 11.0. The summed E-state index contributed by atoms with van der Waals surface area (Å²) in [6, 6.07) is 7.10. The highest BCUT2D eigenvalue weighted by atomic mass is 16.5. The summed E-state index contributed by atoms with van der Waals surface area (Å²) in [5.74, 6) is 0.376. The van der Waals surface area contributed by atoms with Gasteiger partial charge in [0.2, 0.25) is 11.8 Å². The van der Waals surface area contributed by atoms with E-state index in [2.05, 4.69) is 15.0 Å². The van der Waals surface area contributed by atoms with Crippen molar-refractivity contribution < 1.29 is 19.1 Å². The lowest BCUT2D eigenvalue weighted by Crippen LogP contribution is -2.48. The highest BCUT2D eigenvalue weighted by Gasteiger charge is 2.24. The SMILES string of the molecule is COC(=O)CCC(=O)N1CCN(Cc2nc(N[C@H](C(N)=O)C(C)C)c3ccccc3n2)CC1. The second-order valence-electron chi connectivity index (χ2n) is 8.51. The van der Waals surface area contributed by atoms with E-state index in [0.717, 1.165) is 10.9 Å². The Labute approximate surface area is 193 Å². The van der Waals surface area contributed by atoms with Gasteiger partial charge in [-0.1, -0.05) is 26.0 Å². The van der Waals surface area contributed by atoms with Crippen molar-refractivity contribution in [2.24, 2.45) is 11.7 Å². The molecule has 0 spiro atoms. The first kappa shape index (κ1) is 24.4. The fourth-order valence-electron chi connectivity index (χ4n) is 3.84. The van der Waals surface area contributed by atoms with Crippen LogP contribution in [0.2, 0.25) is 0 Å². The molecular formula is C23H32N6O4. The fourth-order valence-corrected chi connectivity index (χ4v) is 3.84. The number of esters is 1. The first-order valence-corrected chi connectivity index (χ1v) is 11.2. The normalized spacial score (nSPS) is 15.5. The molecule has 2 heterocycles. The van der Waals surface area contributed by atoms with Crippen LogP contribution in [-0.4, -0.2) is 76.9 Å². The molecule has 10 heteroatoms. The van der Waals surface area contributed by atoms with Crippen LogP contribution in [0.15, 0.2) is 24.3 Å². The van der Waals surface area contributed by atoms with Gasteiger partial charge >= 0.3 is 5.97 Å². The Morgan fingerprint density at radius 1 is 1.09 bits per heavy atom. The van der Waals surface area contributed by atoms with Gasteiger partial charge in [-0.25, -0.2) is 9.97 Å². The lowest BCUT2D eigenvalue weighted by molar-refractivity contribution is -0.144. The number of carbonyl (C=O) groups excluding carboxylic acids is 3. The zero-order valence-corrected chi connectivity index (χ0v) is 19.4. The molecule has 0 radical (unpaired) electrons. The van der Waals surface area contributed by atoms with Gasteiger partial charge in [0, 0.05) is 38.0 Å². The molecule has 0 aliphatic carbocycles. The number of anilines is 1. The molecule has 2 amide bonds. The molecule has 178 valence electrons. The van der Waals surface area contributed by atoms with Crippen LogP contribution in [0.25, 0.3) is 10.9 Å². The zero-order valence-electron chi connectivity index (χ0n) is 19.4. The Kier molecular flexibility index (Phi) is 8.16. The maximum absolute atomic E-state index is 12.3. The Morgan fingerprint density at radius 3 is 2.42 bits per heavy atom. The van der Waals surface area contributed by atoms with E-state index < -0.39 is 11.9 Å². The summed E-state index contributed by atoms with van der Waals surface area (Å²) < 4.78 is 4.60. The smallest absolute Gasteiger partial charge is 0.306 e. The number of piperazine rings is 1. The first-order valence-electron chi connectivity index (χ1n) is 11.2. The topological polar surface area (TPSA) is 131 Å². The predicted molar refractivity (Wildman–Crippen MR) is 124 cm³/mol. The molecule has 0 unspecified atom stereocenters. The summed E-state index contributed by atoms with van der Waals surface area (Å²) in [5, 5.41) is 4.04. The summed E-state index contributed by atoms with van der Waals surface area (Å²) in [6.07, 6.45) is 0.255. The number of para-hydroxylation sites is 1. The van der Waals surface area contributed by atoms with Crippen LogP contribution in [0.1, 0.15) is 32.5 Å². The number of hydrogen-bond acceptors (Lipinski definition) is 8. The van der Waals surface area contributed by atoms with E-state index in [-0.39, 0.29) is 30.6 Å². The molecule has 3 rings (SSSR count). The largest absolute Gasteiger partial charge is 0.469 e. The quantitative estimate of drug-likeness (QED) is 0.537. The van der Waals surface area contributed by atoms with Gasteiger partial charge in [0.05, 0.1) is 25.6 Å². The minimum Gasteiger partial charge on any atom is -0.469 e. The van der Waals surface area contributed by atoms with E-state index in [1.807, 2.05) is 38.1 Å². The number of aromatic nitrogens is 2. The molecule has 0 bridgehead atoms. The summed E-state index contributed by atoms with van der Waals surface area (Å²) in [6.45, 7) is 6.90. The van der Waals surface area contributed by atoms with Crippen molar-refractivity contribution in [3.63, 3.8) is 0 Å². The summed E-state index contributed by atoms with van der Waals surface area (Å²) in [7, 11) is 1.32. The van der Waals surface area contributed by atoms with Gasteiger partial charge in [0.25, 0.3) is 0 Å². The van der Waals surface area contributed by atoms with Gasteiger partial charge in [0.1, 0.15) is 17.7 Å². The van der Waals surface area contributed by atoms with Crippen LogP contribution in [0.5, 0.6) is 0 Å². The van der Waals surface area contributed by atoms with Crippen molar-refractivity contribution in [2.45, 2.75) is 39.3 Å². The van der Waals surface area contributed by atoms with Crippen LogP contribution in [0.4, 0.5) is 5.82 Å². The average Bonchev–Trinajstić information content (AvgIpc) is 2.80. The number of nitrogens with two attached hydrogens (primary N) is 1. The molecule has 0 saturated carbocycles. The number of ether oxygens (including phenoxy) is 1. The number of nitrogens with one attached hydrogen (secondary N) is 1. The lowest BCUT2D eigenvalue weighted by atomic mass is 10.0. The molecule has 1 aliphatic rings. The van der Waals surface area contributed by atoms with Gasteiger partial charge in [-0.05, 0) is 18.1 Å². The Bertz CT molecular complexity index is 1000. The van der Waals surface area contributed by atoms with Crippen molar-refractivity contribution >= 4 is 34.5 Å². The van der Waals surface area contributed by atoms with Gasteiger partial charge in [-0.2, -0.15) is 0 Å². The maximum atomic E-state index is 12.3. The molecule has 1 aromatic carbocycles. The van der Waals surface area contributed by atoms with Crippen LogP contribution < -0.4 is 11.1 Å². The first-order chi connectivity index (χ1) is 15.8. The number of carbonyl (C=O) groups is 3. The zero-order chi connectivity index (χ0) is 24.0. The lowest BCUT2D eigenvalue weighted by Gasteiger charge is -2.34. The minimum absolute atomic E-state index is 0.00414. The van der Waals surface area contributed by atoms with Crippen molar-refractivity contribution in [3.05, 3.63) is 30.1 Å². The number of rotatable bonds is 9. The van der Waals surface area contributed by atoms with E-state index >= 15 is 0 Å². The van der Waals surface area contributed by atoms with Crippen LogP contribution >= 0.6 is 0 Å². The van der Waals surface area contributed by atoms with Gasteiger partial charge in [0.15, 0.2) is 0 Å². The fraction of sp³-hybridized carbons (Fsp3) is 0.522. The molecule has 3 N–H and O–H groups in total. The summed E-state index contributed by atoms with van der Waals surface area (Å²) in [5.41, 5.74) is 6.38. The van der Waals surface area contributed by atoms with Crippen LogP contribution in [0, 0.1) is 5.92 Å². The number of fused-ring (bicyclic) bond motifs is 1. The third-order valence-corrected chi connectivity index (χ3v) is 5.78. The number of hydrogen-bond donors (Lipinski definition) is 2. The molecule has 10 nitrogen and oxygen atoms in total. The van der Waals surface area contributed by atoms with Gasteiger partial charge < -0.3 is 20.7 Å². The van der Waals surface area contributed by atoms with Crippen molar-refractivity contribution in [2.75, 3.05) is 38.6 Å². The second-order valence-corrected chi connectivity index (χ2v) is 8.51. The Hall–Kier alpha value is -3.27. The molecule has 33 heavy (non-hydrogen) atoms. The van der Waals surface area contributed by atoms with Crippen molar-refractivity contribution in [1.29, 1.82) is 0 Å². The van der Waals surface area contributed by atoms with Gasteiger partial charge in [-0.15, -0.1) is 0 Å². The predicted octanol–water partition coefficient (Wildman–Crippen LogP) is 1.15. The van der Waals surface area contributed by atoms with Crippen molar-refractivity contribution in [1.82, 2.24) is 19.8 Å². The van der Waals surface area contributed by atoms with E-state index in [1.54, 1.807) is 4.90 Å². The number of nitrogens with zero attached hydrogens (tertiary/aromatic N) is 4. The molecule has 1 aromatic heterocycles. The molecular weight excluding hydrogens is 424 g/mol. The Morgan fingerprint density at radius 2 is 1.79 bits per heavy atom. The third-order valence-electron chi connectivity index (χ3n) is 5.78. The maximum Gasteiger partial charge on any atom is 0.306 e. The number of primary amides is 1. The number of methoxy groups -OCH3 is 1. The highest BCUT2D eigenvalue weighted by molar-refractivity contribution is 5.92. The van der Waals surface area contributed by atoms with E-state index in [9.17, 15) is 14.4 Å². The van der Waals surface area contributed by atoms with E-state index in [1.165, 1.54) is 7.11 Å². The monoisotopic (exact) mass is 456 g/mol. The summed E-state index contributed by atoms with van der Waals surface area (Å²) in [4.78, 5) is 48.9. The molecule has 2 aromatic rings. The van der Waals surface area contributed by atoms with E-state index in [4.69, 9.17) is 15.7 Å². The molecule has 1 aliphatic heterocycles. The van der Waals surface area contributed by atoms with Crippen LogP contribution in [-0.2, 0) is 25.7 Å². The van der Waals surface area contributed by atoms with Crippen molar-refractivity contribution in [3.8, 4) is 0 Å². The third kappa shape index (κ3) is 6.38. The molecule has 1 fully saturated rings.